The Morgan fingerprint density at radius 1 is 1.16 bits per heavy atom. The summed E-state index contributed by atoms with van der Waals surface area (Å²) in [6.45, 7) is 16.6. The van der Waals surface area contributed by atoms with Crippen LogP contribution in [0.15, 0.2) is 0 Å². The first-order valence-electron chi connectivity index (χ1n) is 8.04. The number of ether oxygens (including phenoxy) is 1. The van der Waals surface area contributed by atoms with Crippen molar-refractivity contribution in [3.8, 4) is 0 Å². The largest absolute Gasteiger partial charge is 0.380 e. The van der Waals surface area contributed by atoms with Crippen molar-refractivity contribution in [2.45, 2.75) is 66.0 Å². The molecule has 0 aliphatic carbocycles. The lowest BCUT2D eigenvalue weighted by Crippen LogP contribution is -2.61. The Morgan fingerprint density at radius 3 is 2.47 bits per heavy atom. The predicted octanol–water partition coefficient (Wildman–Crippen LogP) is 2.90. The summed E-state index contributed by atoms with van der Waals surface area (Å²) < 4.78 is 5.68. The highest BCUT2D eigenvalue weighted by Crippen LogP contribution is 2.26. The van der Waals surface area contributed by atoms with Crippen molar-refractivity contribution in [2.75, 3.05) is 32.8 Å². The van der Waals surface area contributed by atoms with E-state index >= 15 is 0 Å². The summed E-state index contributed by atoms with van der Waals surface area (Å²) in [4.78, 5) is 2.65. The molecule has 1 heterocycles. The number of nitrogens with zero attached hydrogens (tertiary/aromatic N) is 1. The van der Waals surface area contributed by atoms with Crippen molar-refractivity contribution >= 4 is 0 Å². The van der Waals surface area contributed by atoms with Crippen molar-refractivity contribution in [1.29, 1.82) is 0 Å². The Bertz CT molecular complexity index is 237. The highest BCUT2D eigenvalue weighted by Gasteiger charge is 2.34. The van der Waals surface area contributed by atoms with Gasteiger partial charge < -0.3 is 10.1 Å². The molecular formula is C16H34N2O. The second-order valence-electron chi connectivity index (χ2n) is 6.88. The first-order chi connectivity index (χ1) is 8.99. The monoisotopic (exact) mass is 270 g/mol. The topological polar surface area (TPSA) is 24.5 Å². The van der Waals surface area contributed by atoms with Crippen LogP contribution in [0.2, 0.25) is 0 Å². The molecule has 0 aromatic carbocycles. The maximum atomic E-state index is 5.68. The molecule has 3 nitrogen and oxygen atoms in total. The number of hydrogen-bond acceptors (Lipinski definition) is 3. The Morgan fingerprint density at radius 2 is 1.89 bits per heavy atom. The minimum absolute atomic E-state index is 0.328. The van der Waals surface area contributed by atoms with E-state index in [1.54, 1.807) is 0 Å². The van der Waals surface area contributed by atoms with Crippen molar-refractivity contribution in [3.63, 3.8) is 0 Å². The lowest BCUT2D eigenvalue weighted by atomic mass is 9.83. The van der Waals surface area contributed by atoms with Crippen LogP contribution >= 0.6 is 0 Å². The Labute approximate surface area is 120 Å². The van der Waals surface area contributed by atoms with Crippen LogP contribution in [0.3, 0.4) is 0 Å². The van der Waals surface area contributed by atoms with E-state index in [0.717, 1.165) is 32.7 Å². The summed E-state index contributed by atoms with van der Waals surface area (Å²) >= 11 is 0. The maximum absolute atomic E-state index is 5.68. The molecule has 1 saturated heterocycles. The number of hydrogen-bond donors (Lipinski definition) is 1. The zero-order chi connectivity index (χ0) is 14.3. The molecule has 19 heavy (non-hydrogen) atoms. The molecule has 0 saturated carbocycles. The average molecular weight is 270 g/mol. The van der Waals surface area contributed by atoms with Crippen molar-refractivity contribution < 1.29 is 4.74 Å². The van der Waals surface area contributed by atoms with Crippen LogP contribution in [0.1, 0.15) is 53.9 Å². The van der Waals surface area contributed by atoms with Crippen molar-refractivity contribution in [1.82, 2.24) is 10.2 Å². The standard InChI is InChI=1S/C16H34N2O/c1-6-8-14-13-18(9-11-19-10-7-2)15(12-17-14)16(3,4)5/h14-15,17H,6-13H2,1-5H3. The SMILES string of the molecule is CCCOCCN1CC(CCC)NCC1C(C)(C)C. The summed E-state index contributed by atoms with van der Waals surface area (Å²) in [5.41, 5.74) is 0.328. The summed E-state index contributed by atoms with van der Waals surface area (Å²) in [6, 6.07) is 1.28. The molecule has 0 spiro atoms. The molecule has 1 N–H and O–H groups in total. The third-order valence-corrected chi connectivity index (χ3v) is 4.00. The predicted molar refractivity (Wildman–Crippen MR) is 82.6 cm³/mol. The lowest BCUT2D eigenvalue weighted by Gasteiger charge is -2.46. The zero-order valence-electron chi connectivity index (χ0n) is 13.7. The van der Waals surface area contributed by atoms with E-state index in [2.05, 4.69) is 44.8 Å². The molecule has 114 valence electrons. The molecule has 0 aromatic heterocycles. The Kier molecular flexibility index (Phi) is 7.33. The minimum Gasteiger partial charge on any atom is -0.380 e. The maximum Gasteiger partial charge on any atom is 0.0593 e. The minimum atomic E-state index is 0.328. The highest BCUT2D eigenvalue weighted by molar-refractivity contribution is 4.92. The molecule has 0 radical (unpaired) electrons. The van der Waals surface area contributed by atoms with Crippen LogP contribution in [0.25, 0.3) is 0 Å². The zero-order valence-corrected chi connectivity index (χ0v) is 13.7. The van der Waals surface area contributed by atoms with Crippen LogP contribution in [-0.4, -0.2) is 49.8 Å². The molecule has 0 bridgehead atoms. The number of piperazine rings is 1. The van der Waals surface area contributed by atoms with Crippen LogP contribution < -0.4 is 5.32 Å². The van der Waals surface area contributed by atoms with Gasteiger partial charge in [-0.25, -0.2) is 0 Å². The van der Waals surface area contributed by atoms with Crippen molar-refractivity contribution in [3.05, 3.63) is 0 Å². The fourth-order valence-corrected chi connectivity index (χ4v) is 2.95. The quantitative estimate of drug-likeness (QED) is 0.720. The summed E-state index contributed by atoms with van der Waals surface area (Å²) in [6.07, 6.45) is 3.66. The van der Waals surface area contributed by atoms with E-state index in [-0.39, 0.29) is 0 Å². The Hall–Kier alpha value is -0.120. The third-order valence-electron chi connectivity index (χ3n) is 4.00. The second kappa shape index (κ2) is 8.23. The molecule has 2 atom stereocenters. The molecule has 2 unspecified atom stereocenters. The van der Waals surface area contributed by atoms with E-state index in [1.807, 2.05) is 0 Å². The van der Waals surface area contributed by atoms with E-state index in [1.165, 1.54) is 19.4 Å². The van der Waals surface area contributed by atoms with Crippen LogP contribution in [0.5, 0.6) is 0 Å². The normalized spacial score (nSPS) is 25.7. The van der Waals surface area contributed by atoms with E-state index < -0.39 is 0 Å². The number of rotatable bonds is 7. The molecule has 1 aliphatic rings. The van der Waals surface area contributed by atoms with Gasteiger partial charge in [0, 0.05) is 38.3 Å². The summed E-state index contributed by atoms with van der Waals surface area (Å²) in [5, 5.41) is 3.73. The van der Waals surface area contributed by atoms with Gasteiger partial charge in [-0.15, -0.1) is 0 Å². The van der Waals surface area contributed by atoms with Crippen LogP contribution in [0.4, 0.5) is 0 Å². The van der Waals surface area contributed by atoms with Crippen molar-refractivity contribution in [2.24, 2.45) is 5.41 Å². The van der Waals surface area contributed by atoms with Gasteiger partial charge in [0.1, 0.15) is 0 Å². The van der Waals surface area contributed by atoms with E-state index in [0.29, 0.717) is 17.5 Å². The molecule has 1 rings (SSSR count). The molecule has 1 fully saturated rings. The summed E-state index contributed by atoms with van der Waals surface area (Å²) in [7, 11) is 0. The molecule has 3 heteroatoms. The Balaban J connectivity index is 2.50. The van der Waals surface area contributed by atoms with Gasteiger partial charge in [-0.1, -0.05) is 41.0 Å². The van der Waals surface area contributed by atoms with Gasteiger partial charge in [-0.05, 0) is 18.3 Å². The van der Waals surface area contributed by atoms with Crippen LogP contribution in [-0.2, 0) is 4.74 Å². The van der Waals surface area contributed by atoms with Gasteiger partial charge in [-0.3, -0.25) is 4.90 Å². The average Bonchev–Trinajstić information content (AvgIpc) is 2.34. The van der Waals surface area contributed by atoms with E-state index in [9.17, 15) is 0 Å². The third kappa shape index (κ3) is 5.80. The highest BCUT2D eigenvalue weighted by atomic mass is 16.5. The van der Waals surface area contributed by atoms with Gasteiger partial charge in [0.2, 0.25) is 0 Å². The smallest absolute Gasteiger partial charge is 0.0593 e. The molecule has 0 aromatic rings. The van der Waals surface area contributed by atoms with Gasteiger partial charge in [0.15, 0.2) is 0 Å². The second-order valence-corrected chi connectivity index (χ2v) is 6.88. The molecular weight excluding hydrogens is 236 g/mol. The van der Waals surface area contributed by atoms with Gasteiger partial charge >= 0.3 is 0 Å². The van der Waals surface area contributed by atoms with Crippen LogP contribution in [0, 0.1) is 5.41 Å². The fraction of sp³-hybridized carbons (Fsp3) is 1.00. The van der Waals surface area contributed by atoms with Gasteiger partial charge in [-0.2, -0.15) is 0 Å². The first kappa shape index (κ1) is 16.9. The molecule has 1 aliphatic heterocycles. The molecule has 0 amide bonds. The summed E-state index contributed by atoms with van der Waals surface area (Å²) in [5.74, 6) is 0. The van der Waals surface area contributed by atoms with Gasteiger partial charge in [0.25, 0.3) is 0 Å². The lowest BCUT2D eigenvalue weighted by molar-refractivity contribution is 0.0238. The first-order valence-corrected chi connectivity index (χ1v) is 8.04. The van der Waals surface area contributed by atoms with E-state index in [4.69, 9.17) is 4.74 Å². The fourth-order valence-electron chi connectivity index (χ4n) is 2.95. The van der Waals surface area contributed by atoms with Gasteiger partial charge in [0.05, 0.1) is 6.61 Å². The number of nitrogens with one attached hydrogen (secondary N) is 1.